The molecule has 0 aliphatic carbocycles. The molecule has 7 heteroatoms. The molecule has 0 amide bonds. The monoisotopic (exact) mass is 532 g/mol. The molecule has 4 aromatic rings. The van der Waals surface area contributed by atoms with E-state index in [2.05, 4.69) is 6.07 Å². The lowest BCUT2D eigenvalue weighted by molar-refractivity contribution is 0.224. The highest BCUT2D eigenvalue weighted by Crippen LogP contribution is 2.34. The van der Waals surface area contributed by atoms with E-state index in [4.69, 9.17) is 16.6 Å². The van der Waals surface area contributed by atoms with E-state index >= 15 is 0 Å². The molecule has 0 unspecified atom stereocenters. The molecule has 0 aliphatic heterocycles. The first-order chi connectivity index (χ1) is 17.4. The van der Waals surface area contributed by atoms with E-state index in [0.717, 1.165) is 33.5 Å². The molecular weight excluding hydrogens is 508 g/mol. The lowest BCUT2D eigenvalue weighted by Crippen LogP contribution is -2.20. The number of aliphatic hydroxyl groups excluding tert-OH is 1. The Hall–Kier alpha value is -2.95. The van der Waals surface area contributed by atoms with E-state index < -0.39 is 16.9 Å². The average molecular weight is 533 g/mol. The number of rotatable bonds is 9. The van der Waals surface area contributed by atoms with Crippen molar-refractivity contribution in [2.45, 2.75) is 23.8 Å². The van der Waals surface area contributed by atoms with Crippen molar-refractivity contribution in [2.75, 3.05) is 11.5 Å². The molecule has 2 atom stereocenters. The standard InChI is InChI=1S/C29H25ClN2O2S2/c1-20-7-11-23(12-8-20)28-15-26(22-5-3-2-4-6-22)27(16-31)29(32-28)35-17-25(33)19-36(34)18-21-9-13-24(30)14-10-21/h2-15,25,33H,17-19H2,1H3/t25-,36+/m1/s1. The molecule has 1 heterocycles. The number of benzene rings is 3. The van der Waals surface area contributed by atoms with Crippen molar-refractivity contribution in [1.29, 1.82) is 5.26 Å². The minimum atomic E-state index is -1.24. The van der Waals surface area contributed by atoms with Gasteiger partial charge in [0.1, 0.15) is 11.1 Å². The van der Waals surface area contributed by atoms with Crippen molar-refractivity contribution in [3.8, 4) is 28.5 Å². The molecular formula is C29H25ClN2O2S2. The highest BCUT2D eigenvalue weighted by molar-refractivity contribution is 7.99. The Morgan fingerprint density at radius 3 is 2.39 bits per heavy atom. The van der Waals surface area contributed by atoms with E-state index in [9.17, 15) is 14.6 Å². The number of hydrogen-bond acceptors (Lipinski definition) is 5. The fourth-order valence-corrected chi connectivity index (χ4v) is 6.15. The number of aryl methyl sites for hydroxylation is 1. The molecule has 4 rings (SSSR count). The smallest absolute Gasteiger partial charge is 0.115 e. The van der Waals surface area contributed by atoms with Crippen molar-refractivity contribution in [1.82, 2.24) is 4.98 Å². The van der Waals surface area contributed by atoms with Gasteiger partial charge in [0.05, 0.1) is 23.1 Å². The van der Waals surface area contributed by atoms with Gasteiger partial charge in [-0.15, -0.1) is 11.8 Å². The van der Waals surface area contributed by atoms with Gasteiger partial charge in [0, 0.05) is 38.5 Å². The zero-order valence-electron chi connectivity index (χ0n) is 19.7. The fraction of sp³-hybridized carbons (Fsp3) is 0.172. The number of nitrogens with zero attached hydrogens (tertiary/aromatic N) is 2. The molecule has 36 heavy (non-hydrogen) atoms. The first kappa shape index (κ1) is 26.1. The van der Waals surface area contributed by atoms with Gasteiger partial charge in [-0.25, -0.2) is 4.98 Å². The third-order valence-corrected chi connectivity index (χ3v) is 8.35. The number of thioether (sulfide) groups is 1. The summed E-state index contributed by atoms with van der Waals surface area (Å²) in [7, 11) is -1.24. The summed E-state index contributed by atoms with van der Waals surface area (Å²) in [5.74, 6) is 0.766. The van der Waals surface area contributed by atoms with E-state index in [1.54, 1.807) is 12.1 Å². The van der Waals surface area contributed by atoms with Gasteiger partial charge in [-0.1, -0.05) is 83.9 Å². The Labute approximate surface area is 223 Å². The van der Waals surface area contributed by atoms with E-state index in [0.29, 0.717) is 21.4 Å². The Morgan fingerprint density at radius 2 is 1.72 bits per heavy atom. The van der Waals surface area contributed by atoms with E-state index in [-0.39, 0.29) is 11.5 Å². The van der Waals surface area contributed by atoms with Gasteiger partial charge in [-0.2, -0.15) is 5.26 Å². The predicted molar refractivity (Wildman–Crippen MR) is 149 cm³/mol. The summed E-state index contributed by atoms with van der Waals surface area (Å²) < 4.78 is 12.6. The van der Waals surface area contributed by atoms with Crippen LogP contribution < -0.4 is 0 Å². The van der Waals surface area contributed by atoms with Crippen LogP contribution in [0, 0.1) is 18.3 Å². The van der Waals surface area contributed by atoms with Crippen LogP contribution in [0.25, 0.3) is 22.4 Å². The summed E-state index contributed by atoms with van der Waals surface area (Å²) in [4.78, 5) is 4.80. The van der Waals surface area contributed by atoms with Crippen molar-refractivity contribution in [3.63, 3.8) is 0 Å². The largest absolute Gasteiger partial charge is 0.391 e. The molecule has 3 aromatic carbocycles. The highest BCUT2D eigenvalue weighted by atomic mass is 35.5. The molecule has 0 spiro atoms. The lowest BCUT2D eigenvalue weighted by Gasteiger charge is -2.14. The number of halogens is 1. The first-order valence-corrected chi connectivity index (χ1v) is 14.3. The van der Waals surface area contributed by atoms with Gasteiger partial charge >= 0.3 is 0 Å². The van der Waals surface area contributed by atoms with Crippen LogP contribution in [0.15, 0.2) is 90.0 Å². The lowest BCUT2D eigenvalue weighted by atomic mass is 9.99. The Morgan fingerprint density at radius 1 is 1.03 bits per heavy atom. The summed E-state index contributed by atoms with van der Waals surface area (Å²) in [6, 6.07) is 29.3. The van der Waals surface area contributed by atoms with Crippen molar-refractivity contribution >= 4 is 34.2 Å². The van der Waals surface area contributed by atoms with Gasteiger partial charge in [0.15, 0.2) is 0 Å². The van der Waals surface area contributed by atoms with Gasteiger partial charge in [-0.3, -0.25) is 4.21 Å². The summed E-state index contributed by atoms with van der Waals surface area (Å²) >= 11 is 7.23. The SMILES string of the molecule is Cc1ccc(-c2cc(-c3ccccc3)c(C#N)c(SC[C@@H](O)C[S@@](=O)Cc3ccc(Cl)cc3)n2)cc1. The zero-order valence-corrected chi connectivity index (χ0v) is 22.1. The average Bonchev–Trinajstić information content (AvgIpc) is 2.89. The normalized spacial score (nSPS) is 12.6. The summed E-state index contributed by atoms with van der Waals surface area (Å²) in [6.07, 6.45) is -0.806. The van der Waals surface area contributed by atoms with Crippen LogP contribution in [0.3, 0.4) is 0 Å². The number of aliphatic hydroxyl groups is 1. The topological polar surface area (TPSA) is 74.0 Å². The van der Waals surface area contributed by atoms with Crippen molar-refractivity contribution < 1.29 is 9.32 Å². The Kier molecular flexibility index (Phi) is 8.95. The van der Waals surface area contributed by atoms with Gasteiger partial charge in [0.2, 0.25) is 0 Å². The molecule has 0 saturated heterocycles. The van der Waals surface area contributed by atoms with Crippen LogP contribution in [-0.2, 0) is 16.6 Å². The number of aromatic nitrogens is 1. The third kappa shape index (κ3) is 6.83. The molecule has 0 fully saturated rings. The highest BCUT2D eigenvalue weighted by Gasteiger charge is 2.18. The van der Waals surface area contributed by atoms with Crippen molar-refractivity contribution in [2.24, 2.45) is 0 Å². The second kappa shape index (κ2) is 12.3. The summed E-state index contributed by atoms with van der Waals surface area (Å²) in [5.41, 5.74) is 5.97. The fourth-order valence-electron chi connectivity index (χ4n) is 3.72. The first-order valence-electron chi connectivity index (χ1n) is 11.4. The minimum absolute atomic E-state index is 0.140. The van der Waals surface area contributed by atoms with E-state index in [1.807, 2.05) is 79.7 Å². The van der Waals surface area contributed by atoms with Crippen LogP contribution in [0.5, 0.6) is 0 Å². The predicted octanol–water partition coefficient (Wildman–Crippen LogP) is 6.65. The molecule has 0 radical (unpaired) electrons. The number of pyridine rings is 1. The summed E-state index contributed by atoms with van der Waals surface area (Å²) in [5, 5.41) is 21.8. The molecule has 182 valence electrons. The molecule has 0 bridgehead atoms. The second-order valence-corrected chi connectivity index (χ2v) is 11.4. The molecule has 4 nitrogen and oxygen atoms in total. The third-order valence-electron chi connectivity index (χ3n) is 5.56. The van der Waals surface area contributed by atoms with Crippen LogP contribution >= 0.6 is 23.4 Å². The van der Waals surface area contributed by atoms with Gasteiger partial charge < -0.3 is 5.11 Å². The zero-order chi connectivity index (χ0) is 25.5. The van der Waals surface area contributed by atoms with E-state index in [1.165, 1.54) is 11.8 Å². The number of nitriles is 1. The second-order valence-electron chi connectivity index (χ2n) is 8.42. The quantitative estimate of drug-likeness (QED) is 0.244. The molecule has 0 aliphatic rings. The van der Waals surface area contributed by atoms with Crippen molar-refractivity contribution in [3.05, 3.63) is 107 Å². The summed E-state index contributed by atoms with van der Waals surface area (Å²) in [6.45, 7) is 2.03. The molecule has 1 aromatic heterocycles. The molecule has 1 N–H and O–H groups in total. The van der Waals surface area contributed by atoms with Crippen LogP contribution in [0.4, 0.5) is 0 Å². The minimum Gasteiger partial charge on any atom is -0.391 e. The van der Waals surface area contributed by atoms with Crippen LogP contribution in [-0.4, -0.2) is 31.9 Å². The van der Waals surface area contributed by atoms with Gasteiger partial charge in [0.25, 0.3) is 0 Å². The van der Waals surface area contributed by atoms with Crippen LogP contribution in [0.2, 0.25) is 5.02 Å². The van der Waals surface area contributed by atoms with Gasteiger partial charge in [-0.05, 0) is 36.2 Å². The number of hydrogen-bond donors (Lipinski definition) is 1. The Balaban J connectivity index is 1.56. The maximum atomic E-state index is 12.6. The maximum Gasteiger partial charge on any atom is 0.115 e. The maximum absolute atomic E-state index is 12.6. The Bertz CT molecular complexity index is 1390. The van der Waals surface area contributed by atoms with Crippen LogP contribution in [0.1, 0.15) is 16.7 Å². The molecule has 0 saturated carbocycles.